The van der Waals surface area contributed by atoms with Crippen LogP contribution < -0.4 is 58.2 Å². The maximum atomic E-state index is 3.64. The molecule has 1 aliphatic rings. The van der Waals surface area contributed by atoms with Crippen molar-refractivity contribution >= 4 is 11.8 Å². The molecule has 0 spiro atoms. The van der Waals surface area contributed by atoms with E-state index in [2.05, 4.69) is 53.6 Å². The monoisotopic (exact) mass is 303 g/mol. The second kappa shape index (κ2) is 8.23. The van der Waals surface area contributed by atoms with Gasteiger partial charge in [0.05, 0.1) is 0 Å². The summed E-state index contributed by atoms with van der Waals surface area (Å²) in [4.78, 5) is 2.52. The van der Waals surface area contributed by atoms with Crippen LogP contribution in [0.2, 0.25) is 0 Å². The first-order chi connectivity index (χ1) is 7.38. The minimum Gasteiger partial charge on any atom is -0.298 e. The van der Waals surface area contributed by atoms with E-state index in [9.17, 15) is 0 Å². The Labute approximate surface area is 151 Å². The predicted octanol–water partition coefficient (Wildman–Crippen LogP) is -0.423. The summed E-state index contributed by atoms with van der Waals surface area (Å²) in [7, 11) is 0. The van der Waals surface area contributed by atoms with Crippen LogP contribution in [-0.4, -0.2) is 29.5 Å². The second-order valence-electron chi connectivity index (χ2n) is 3.76. The van der Waals surface area contributed by atoms with Gasteiger partial charge in [-0.15, -0.1) is 12.1 Å². The zero-order chi connectivity index (χ0) is 10.5. The molecule has 0 N–H and O–H groups in total. The summed E-state index contributed by atoms with van der Waals surface area (Å²) in [6.07, 6.45) is 2.89. The maximum Gasteiger partial charge on any atom is 1.00 e. The molecular weight excluding hydrogens is 288 g/mol. The fourth-order valence-corrected chi connectivity index (χ4v) is 2.72. The fourth-order valence-electron chi connectivity index (χ4n) is 1.75. The van der Waals surface area contributed by atoms with Gasteiger partial charge in [-0.05, 0) is 0 Å². The SMILES string of the molecule is C=[C-]c1ccc(CN2CCSCC2)cc1.[Rb+]. The van der Waals surface area contributed by atoms with Gasteiger partial charge in [0.15, 0.2) is 0 Å². The molecule has 80 valence electrons. The molecule has 3 heteroatoms. The molecule has 1 nitrogen and oxygen atoms in total. The molecule has 1 aromatic carbocycles. The van der Waals surface area contributed by atoms with Crippen LogP contribution in [0.25, 0.3) is 0 Å². The average molecular weight is 304 g/mol. The van der Waals surface area contributed by atoms with Gasteiger partial charge in [0.25, 0.3) is 0 Å². The first-order valence-corrected chi connectivity index (χ1v) is 6.46. The maximum absolute atomic E-state index is 3.64. The van der Waals surface area contributed by atoms with Gasteiger partial charge in [0.1, 0.15) is 0 Å². The van der Waals surface area contributed by atoms with Crippen molar-refractivity contribution in [1.29, 1.82) is 0 Å². The molecule has 0 unspecified atom stereocenters. The molecule has 0 aliphatic carbocycles. The largest absolute Gasteiger partial charge is 1.00 e. The van der Waals surface area contributed by atoms with Crippen LogP contribution in [0.1, 0.15) is 11.1 Å². The Morgan fingerprint density at radius 3 is 2.38 bits per heavy atom. The first kappa shape index (κ1) is 15.1. The molecule has 0 atom stereocenters. The average Bonchev–Trinajstić information content (AvgIpc) is 2.31. The van der Waals surface area contributed by atoms with Crippen LogP contribution >= 0.6 is 11.8 Å². The summed E-state index contributed by atoms with van der Waals surface area (Å²) in [5.74, 6) is 2.55. The quantitative estimate of drug-likeness (QED) is 0.698. The summed E-state index contributed by atoms with van der Waals surface area (Å²) >= 11 is 2.06. The van der Waals surface area contributed by atoms with E-state index in [4.69, 9.17) is 0 Å². The van der Waals surface area contributed by atoms with E-state index in [1.54, 1.807) is 0 Å². The van der Waals surface area contributed by atoms with Crippen molar-refractivity contribution in [2.75, 3.05) is 24.6 Å². The van der Waals surface area contributed by atoms with Gasteiger partial charge < -0.3 is 0 Å². The van der Waals surface area contributed by atoms with E-state index >= 15 is 0 Å². The smallest absolute Gasteiger partial charge is 0.298 e. The Morgan fingerprint density at radius 1 is 1.19 bits per heavy atom. The third-order valence-corrected chi connectivity index (χ3v) is 3.61. The summed E-state index contributed by atoms with van der Waals surface area (Å²) in [5.41, 5.74) is 2.47. The summed E-state index contributed by atoms with van der Waals surface area (Å²) in [5, 5.41) is 0. The number of rotatable bonds is 3. The van der Waals surface area contributed by atoms with Gasteiger partial charge in [-0.2, -0.15) is 42.1 Å². The predicted molar refractivity (Wildman–Crippen MR) is 67.0 cm³/mol. The molecule has 1 fully saturated rings. The number of thioether (sulfide) groups is 1. The molecule has 2 rings (SSSR count). The van der Waals surface area contributed by atoms with Crippen molar-refractivity contribution in [2.45, 2.75) is 6.54 Å². The third-order valence-electron chi connectivity index (χ3n) is 2.67. The molecule has 0 saturated carbocycles. The Kier molecular flexibility index (Phi) is 7.78. The van der Waals surface area contributed by atoms with E-state index < -0.39 is 0 Å². The molecule has 1 aliphatic heterocycles. The van der Waals surface area contributed by atoms with Crippen LogP contribution in [0, 0.1) is 6.08 Å². The summed E-state index contributed by atoms with van der Waals surface area (Å²) in [6.45, 7) is 7.16. The number of hydrogen-bond donors (Lipinski definition) is 0. The Hall–Kier alpha value is 1.08. The molecule has 1 saturated heterocycles. The van der Waals surface area contributed by atoms with Crippen LogP contribution in [0.3, 0.4) is 0 Å². The minimum atomic E-state index is 0. The number of nitrogens with zero attached hydrogens (tertiary/aromatic N) is 1. The van der Waals surface area contributed by atoms with Gasteiger partial charge in [-0.3, -0.25) is 4.90 Å². The van der Waals surface area contributed by atoms with E-state index in [-0.39, 0.29) is 58.2 Å². The first-order valence-electron chi connectivity index (χ1n) is 5.30. The van der Waals surface area contributed by atoms with Gasteiger partial charge in [-0.25, -0.2) is 0 Å². The number of benzene rings is 1. The normalized spacial score (nSPS) is 16.5. The molecular formula is C13H16NRbS. The van der Waals surface area contributed by atoms with Gasteiger partial charge in [0, 0.05) is 31.1 Å². The molecule has 0 aromatic heterocycles. The van der Waals surface area contributed by atoms with Crippen molar-refractivity contribution in [2.24, 2.45) is 0 Å². The molecule has 1 aromatic rings. The van der Waals surface area contributed by atoms with Crippen LogP contribution in [0.15, 0.2) is 30.8 Å². The van der Waals surface area contributed by atoms with Gasteiger partial charge >= 0.3 is 58.2 Å². The Bertz CT molecular complexity index is 317. The Balaban J connectivity index is 0.00000128. The number of hydrogen-bond acceptors (Lipinski definition) is 2. The third kappa shape index (κ3) is 4.75. The van der Waals surface area contributed by atoms with Crippen molar-refractivity contribution in [1.82, 2.24) is 4.90 Å². The molecule has 0 bridgehead atoms. The zero-order valence-corrected chi connectivity index (χ0v) is 15.6. The summed E-state index contributed by atoms with van der Waals surface area (Å²) < 4.78 is 0. The van der Waals surface area contributed by atoms with E-state index in [0.717, 1.165) is 12.1 Å². The molecule has 0 amide bonds. The zero-order valence-electron chi connectivity index (χ0n) is 9.91. The van der Waals surface area contributed by atoms with Crippen LogP contribution in [-0.2, 0) is 6.54 Å². The van der Waals surface area contributed by atoms with Crippen LogP contribution in [0.4, 0.5) is 0 Å². The van der Waals surface area contributed by atoms with E-state index in [0.29, 0.717) is 0 Å². The second-order valence-corrected chi connectivity index (χ2v) is 4.99. The minimum absolute atomic E-state index is 0. The van der Waals surface area contributed by atoms with Crippen LogP contribution in [0.5, 0.6) is 0 Å². The summed E-state index contributed by atoms with van der Waals surface area (Å²) in [6, 6.07) is 8.52. The standard InChI is InChI=1S/C13H16NS.Rb/c1-2-12-3-5-13(6-4-12)11-14-7-9-15-10-8-14;/h3-6H,1,7-11H2;/q-1;+1. The van der Waals surface area contributed by atoms with Gasteiger partial charge in [-0.1, -0.05) is 5.56 Å². The van der Waals surface area contributed by atoms with E-state index in [1.165, 1.54) is 30.2 Å². The topological polar surface area (TPSA) is 3.24 Å². The Morgan fingerprint density at radius 2 is 1.81 bits per heavy atom. The van der Waals surface area contributed by atoms with Crippen molar-refractivity contribution in [3.05, 3.63) is 48.0 Å². The van der Waals surface area contributed by atoms with Crippen molar-refractivity contribution in [3.63, 3.8) is 0 Å². The van der Waals surface area contributed by atoms with Crippen molar-refractivity contribution < 1.29 is 58.2 Å². The van der Waals surface area contributed by atoms with Gasteiger partial charge in [0.2, 0.25) is 0 Å². The molecule has 0 radical (unpaired) electrons. The van der Waals surface area contributed by atoms with Crippen molar-refractivity contribution in [3.8, 4) is 0 Å². The molecule has 1 heterocycles. The molecule has 16 heavy (non-hydrogen) atoms. The van der Waals surface area contributed by atoms with E-state index in [1.807, 2.05) is 0 Å². The fraction of sp³-hybridized carbons (Fsp3) is 0.385.